The fourth-order valence-corrected chi connectivity index (χ4v) is 3.13. The molecule has 5 nitrogen and oxygen atoms in total. The summed E-state index contributed by atoms with van der Waals surface area (Å²) >= 11 is 0. The SMILES string of the molecule is CCC1NC(=O)C(CC)N(CC2(C)CCOCC2)C1=O. The minimum absolute atomic E-state index is 0.00499. The van der Waals surface area contributed by atoms with Crippen LogP contribution < -0.4 is 5.32 Å². The molecule has 0 bridgehead atoms. The van der Waals surface area contributed by atoms with Gasteiger partial charge in [0.05, 0.1) is 0 Å². The molecule has 2 rings (SSSR count). The Morgan fingerprint density at radius 3 is 2.45 bits per heavy atom. The van der Waals surface area contributed by atoms with Gasteiger partial charge in [0, 0.05) is 19.8 Å². The zero-order valence-corrected chi connectivity index (χ0v) is 12.8. The zero-order chi connectivity index (χ0) is 14.8. The Bertz CT molecular complexity index is 377. The van der Waals surface area contributed by atoms with Crippen molar-refractivity contribution in [3.05, 3.63) is 0 Å². The Balaban J connectivity index is 2.15. The summed E-state index contributed by atoms with van der Waals surface area (Å²) in [6.07, 6.45) is 3.22. The molecular weight excluding hydrogens is 256 g/mol. The van der Waals surface area contributed by atoms with Gasteiger partial charge in [-0.2, -0.15) is 0 Å². The minimum Gasteiger partial charge on any atom is -0.381 e. The number of piperazine rings is 1. The van der Waals surface area contributed by atoms with Crippen molar-refractivity contribution in [3.63, 3.8) is 0 Å². The number of hydrogen-bond acceptors (Lipinski definition) is 3. The van der Waals surface area contributed by atoms with Crippen LogP contribution in [0.15, 0.2) is 0 Å². The van der Waals surface area contributed by atoms with Gasteiger partial charge in [0.1, 0.15) is 12.1 Å². The number of carbonyl (C=O) groups excluding carboxylic acids is 2. The van der Waals surface area contributed by atoms with Gasteiger partial charge in [0.15, 0.2) is 0 Å². The van der Waals surface area contributed by atoms with Crippen LogP contribution in [0, 0.1) is 5.41 Å². The van der Waals surface area contributed by atoms with Crippen molar-refractivity contribution in [2.75, 3.05) is 19.8 Å². The Morgan fingerprint density at radius 2 is 1.90 bits per heavy atom. The van der Waals surface area contributed by atoms with Gasteiger partial charge >= 0.3 is 0 Å². The second kappa shape index (κ2) is 6.12. The maximum Gasteiger partial charge on any atom is 0.245 e. The molecule has 0 radical (unpaired) electrons. The first-order chi connectivity index (χ1) is 9.50. The summed E-state index contributed by atoms with van der Waals surface area (Å²) in [5.74, 6) is 0.0706. The fraction of sp³-hybridized carbons (Fsp3) is 0.867. The van der Waals surface area contributed by atoms with Gasteiger partial charge in [0.2, 0.25) is 11.8 Å². The van der Waals surface area contributed by atoms with E-state index in [9.17, 15) is 9.59 Å². The lowest BCUT2D eigenvalue weighted by atomic mass is 9.81. The molecule has 2 aliphatic rings. The molecule has 20 heavy (non-hydrogen) atoms. The number of rotatable bonds is 4. The third-order valence-electron chi connectivity index (χ3n) is 4.62. The maximum atomic E-state index is 12.6. The number of amides is 2. The van der Waals surface area contributed by atoms with Crippen LogP contribution >= 0.6 is 0 Å². The van der Waals surface area contributed by atoms with Crippen molar-refractivity contribution in [2.45, 2.75) is 58.5 Å². The van der Waals surface area contributed by atoms with Gasteiger partial charge in [0.25, 0.3) is 0 Å². The lowest BCUT2D eigenvalue weighted by Crippen LogP contribution is -2.64. The lowest BCUT2D eigenvalue weighted by molar-refractivity contribution is -0.152. The molecule has 0 saturated carbocycles. The van der Waals surface area contributed by atoms with Gasteiger partial charge in [-0.3, -0.25) is 9.59 Å². The summed E-state index contributed by atoms with van der Waals surface area (Å²) in [7, 11) is 0. The number of nitrogens with zero attached hydrogens (tertiary/aromatic N) is 1. The van der Waals surface area contributed by atoms with Gasteiger partial charge in [-0.1, -0.05) is 20.8 Å². The monoisotopic (exact) mass is 282 g/mol. The highest BCUT2D eigenvalue weighted by molar-refractivity contribution is 5.96. The van der Waals surface area contributed by atoms with Crippen LogP contribution in [0.1, 0.15) is 46.5 Å². The van der Waals surface area contributed by atoms with E-state index in [0.29, 0.717) is 19.4 Å². The van der Waals surface area contributed by atoms with Crippen molar-refractivity contribution in [1.29, 1.82) is 0 Å². The first-order valence-corrected chi connectivity index (χ1v) is 7.69. The van der Waals surface area contributed by atoms with E-state index in [-0.39, 0.29) is 29.3 Å². The largest absolute Gasteiger partial charge is 0.381 e. The summed E-state index contributed by atoms with van der Waals surface area (Å²) in [5, 5.41) is 2.84. The van der Waals surface area contributed by atoms with Gasteiger partial charge < -0.3 is 15.0 Å². The molecule has 0 spiro atoms. The van der Waals surface area contributed by atoms with E-state index in [1.165, 1.54) is 0 Å². The standard InChI is InChI=1S/C15H26N2O3/c1-4-11-14(19)17(12(5-2)13(18)16-11)10-15(3)6-8-20-9-7-15/h11-12H,4-10H2,1-3H3,(H,16,18). The quantitative estimate of drug-likeness (QED) is 0.846. The molecule has 5 heteroatoms. The van der Waals surface area contributed by atoms with E-state index in [2.05, 4.69) is 12.2 Å². The average Bonchev–Trinajstić information content (AvgIpc) is 2.43. The van der Waals surface area contributed by atoms with Crippen molar-refractivity contribution in [3.8, 4) is 0 Å². The van der Waals surface area contributed by atoms with Crippen molar-refractivity contribution < 1.29 is 14.3 Å². The van der Waals surface area contributed by atoms with Crippen molar-refractivity contribution in [2.24, 2.45) is 5.41 Å². The highest BCUT2D eigenvalue weighted by atomic mass is 16.5. The Hall–Kier alpha value is -1.10. The van der Waals surface area contributed by atoms with Crippen LogP contribution in [0.2, 0.25) is 0 Å². The van der Waals surface area contributed by atoms with Crippen LogP contribution in [0.25, 0.3) is 0 Å². The topological polar surface area (TPSA) is 58.6 Å². The molecule has 2 heterocycles. The fourth-order valence-electron chi connectivity index (χ4n) is 3.13. The third-order valence-corrected chi connectivity index (χ3v) is 4.62. The third kappa shape index (κ3) is 2.97. The maximum absolute atomic E-state index is 12.6. The van der Waals surface area contributed by atoms with E-state index >= 15 is 0 Å². The molecule has 2 atom stereocenters. The summed E-state index contributed by atoms with van der Waals surface area (Å²) in [6, 6.07) is -0.668. The van der Waals surface area contributed by atoms with E-state index in [0.717, 1.165) is 26.1 Å². The Labute approximate surface area is 121 Å². The van der Waals surface area contributed by atoms with E-state index < -0.39 is 0 Å². The van der Waals surface area contributed by atoms with Crippen molar-refractivity contribution in [1.82, 2.24) is 10.2 Å². The molecule has 0 aromatic heterocycles. The predicted molar refractivity (Wildman–Crippen MR) is 76.2 cm³/mol. The van der Waals surface area contributed by atoms with Crippen LogP contribution in [0.5, 0.6) is 0 Å². The molecular formula is C15H26N2O3. The first-order valence-electron chi connectivity index (χ1n) is 7.69. The average molecular weight is 282 g/mol. The molecule has 0 aromatic rings. The Kier molecular flexibility index (Phi) is 4.68. The second-order valence-corrected chi connectivity index (χ2v) is 6.28. The smallest absolute Gasteiger partial charge is 0.245 e. The summed E-state index contributed by atoms with van der Waals surface area (Å²) in [4.78, 5) is 26.6. The van der Waals surface area contributed by atoms with Crippen LogP contribution in [-0.2, 0) is 14.3 Å². The summed E-state index contributed by atoms with van der Waals surface area (Å²) < 4.78 is 5.41. The highest BCUT2D eigenvalue weighted by Crippen LogP contribution is 2.32. The van der Waals surface area contributed by atoms with Crippen LogP contribution in [-0.4, -0.2) is 48.6 Å². The Morgan fingerprint density at radius 1 is 1.25 bits per heavy atom. The predicted octanol–water partition coefficient (Wildman–Crippen LogP) is 1.32. The summed E-state index contributed by atoms with van der Waals surface area (Å²) in [5.41, 5.74) is 0.0667. The molecule has 0 aromatic carbocycles. The number of hydrogen-bond donors (Lipinski definition) is 1. The molecule has 114 valence electrons. The number of ether oxygens (including phenoxy) is 1. The molecule has 2 aliphatic heterocycles. The number of nitrogens with one attached hydrogen (secondary N) is 1. The van der Waals surface area contributed by atoms with Gasteiger partial charge in [-0.05, 0) is 31.1 Å². The minimum atomic E-state index is -0.353. The number of carbonyl (C=O) groups is 2. The van der Waals surface area contributed by atoms with E-state index in [4.69, 9.17) is 4.74 Å². The molecule has 2 saturated heterocycles. The van der Waals surface area contributed by atoms with Crippen LogP contribution in [0.3, 0.4) is 0 Å². The molecule has 1 N–H and O–H groups in total. The highest BCUT2D eigenvalue weighted by Gasteiger charge is 2.42. The van der Waals surface area contributed by atoms with Crippen LogP contribution in [0.4, 0.5) is 0 Å². The van der Waals surface area contributed by atoms with Gasteiger partial charge in [-0.15, -0.1) is 0 Å². The normalized spacial score (nSPS) is 30.2. The van der Waals surface area contributed by atoms with E-state index in [1.807, 2.05) is 18.7 Å². The first kappa shape index (κ1) is 15.3. The van der Waals surface area contributed by atoms with E-state index in [1.54, 1.807) is 0 Å². The zero-order valence-electron chi connectivity index (χ0n) is 12.8. The molecule has 2 fully saturated rings. The second-order valence-electron chi connectivity index (χ2n) is 6.28. The van der Waals surface area contributed by atoms with Crippen molar-refractivity contribution >= 4 is 11.8 Å². The molecule has 2 unspecified atom stereocenters. The molecule has 0 aliphatic carbocycles. The summed E-state index contributed by atoms with van der Waals surface area (Å²) in [6.45, 7) is 8.25. The molecule has 2 amide bonds. The van der Waals surface area contributed by atoms with Gasteiger partial charge in [-0.25, -0.2) is 0 Å². The lowest BCUT2D eigenvalue weighted by Gasteiger charge is -2.44.